The van der Waals surface area contributed by atoms with E-state index < -0.39 is 5.60 Å². The third kappa shape index (κ3) is 25.3. The molecule has 2 aromatic heterocycles. The van der Waals surface area contributed by atoms with Crippen molar-refractivity contribution in [2.24, 2.45) is 0 Å². The Balaban J connectivity index is 0.000000697. The fourth-order valence-electron chi connectivity index (χ4n) is 4.10. The lowest BCUT2D eigenvalue weighted by atomic mass is 10.2. The fraction of sp³-hybridized carbons (Fsp3) is 0.714. The van der Waals surface area contributed by atoms with Gasteiger partial charge in [0.1, 0.15) is 45.1 Å². The Bertz CT molecular complexity index is 1240. The summed E-state index contributed by atoms with van der Waals surface area (Å²) in [6.07, 6.45) is 2.12. The van der Waals surface area contributed by atoms with Crippen molar-refractivity contribution in [3.63, 3.8) is 0 Å². The largest absolute Gasteiger partial charge is 0.444 e. The van der Waals surface area contributed by atoms with Gasteiger partial charge in [-0.2, -0.15) is 0 Å². The number of piperazine rings is 2. The minimum Gasteiger partial charge on any atom is -0.444 e. The molecule has 0 aliphatic carbocycles. The standard InChI is InChI=1S/C13H19ClN4O2.C9H18N2O2.C6H15N.C4H2Cl2N2.C3H8O/c1-13(2,3)20-12(19)18-6-4-17(5-7-18)11-8-10(14)15-9-16-11;1-9(2,3)13-8(12)11-6-4-10-5-7-11;1-4-7(5-2)6-3;5-3-1-4(6)8-2-7-3;1-3(2)4/h8-9H,4-7H2,1-3H3;10H,4-7H2,1-3H3;4-6H2,1-3H3;1-2H;3-4H,1-2H3. The number of aliphatic hydroxyl groups excluding tert-OH is 1. The predicted octanol–water partition coefficient (Wildman–Crippen LogP) is 6.53. The zero-order valence-electron chi connectivity index (χ0n) is 33.0. The van der Waals surface area contributed by atoms with Crippen LogP contribution in [0.5, 0.6) is 0 Å². The number of ether oxygens (including phenoxy) is 2. The summed E-state index contributed by atoms with van der Waals surface area (Å²) in [7, 11) is 0. The molecule has 0 atom stereocenters. The maximum absolute atomic E-state index is 11.9. The third-order valence-electron chi connectivity index (χ3n) is 6.59. The number of nitrogens with one attached hydrogen (secondary N) is 1. The van der Waals surface area contributed by atoms with E-state index in [0.29, 0.717) is 41.6 Å². The number of anilines is 1. The highest BCUT2D eigenvalue weighted by atomic mass is 35.5. The van der Waals surface area contributed by atoms with Crippen LogP contribution in [0, 0.1) is 0 Å². The van der Waals surface area contributed by atoms with Gasteiger partial charge in [-0.15, -0.1) is 0 Å². The molecule has 0 bridgehead atoms. The van der Waals surface area contributed by atoms with Crippen LogP contribution in [-0.4, -0.2) is 141 Å². The highest BCUT2D eigenvalue weighted by molar-refractivity contribution is 6.33. The van der Waals surface area contributed by atoms with Crippen molar-refractivity contribution in [3.05, 3.63) is 40.2 Å². The summed E-state index contributed by atoms with van der Waals surface area (Å²) in [5, 5.41) is 12.4. The highest BCUT2D eigenvalue weighted by Crippen LogP contribution is 2.18. The van der Waals surface area contributed by atoms with Gasteiger partial charge in [0, 0.05) is 70.6 Å². The molecule has 2 N–H and O–H groups in total. The normalized spacial score (nSPS) is 14.4. The summed E-state index contributed by atoms with van der Waals surface area (Å²) in [6.45, 7) is 30.6. The molecule has 298 valence electrons. The van der Waals surface area contributed by atoms with Crippen LogP contribution in [0.4, 0.5) is 15.4 Å². The van der Waals surface area contributed by atoms with Gasteiger partial charge in [-0.3, -0.25) is 0 Å². The first-order chi connectivity index (χ1) is 24.2. The van der Waals surface area contributed by atoms with E-state index in [9.17, 15) is 9.59 Å². The number of nitrogens with zero attached hydrogens (tertiary/aromatic N) is 8. The maximum atomic E-state index is 11.9. The Morgan fingerprint density at radius 3 is 1.40 bits per heavy atom. The zero-order valence-corrected chi connectivity index (χ0v) is 35.2. The SMILES string of the molecule is CC(C)(C)OC(=O)N1CCN(c2cc(Cl)ncn2)CC1.CC(C)(C)OC(=O)N1CCNCC1.CC(C)O.CCN(CC)CC.Clc1cc(Cl)ncn1. The molecule has 0 unspecified atom stereocenters. The van der Waals surface area contributed by atoms with Gasteiger partial charge in [-0.25, -0.2) is 29.5 Å². The van der Waals surface area contributed by atoms with Crippen LogP contribution < -0.4 is 10.2 Å². The summed E-state index contributed by atoms with van der Waals surface area (Å²) in [5.74, 6) is 0.786. The van der Waals surface area contributed by atoms with Crippen molar-refractivity contribution in [1.82, 2.24) is 40.0 Å². The van der Waals surface area contributed by atoms with E-state index >= 15 is 0 Å². The Morgan fingerprint density at radius 2 is 1.10 bits per heavy atom. The lowest BCUT2D eigenvalue weighted by molar-refractivity contribution is 0.0223. The minimum atomic E-state index is -0.464. The maximum Gasteiger partial charge on any atom is 0.410 e. The number of aromatic nitrogens is 4. The molecule has 0 saturated carbocycles. The summed E-state index contributed by atoms with van der Waals surface area (Å²) >= 11 is 16.7. The number of carbonyl (C=O) groups is 2. The molecule has 2 amide bonds. The van der Waals surface area contributed by atoms with E-state index in [0.717, 1.165) is 32.0 Å². The van der Waals surface area contributed by atoms with Gasteiger partial charge in [0.2, 0.25) is 0 Å². The molecule has 17 heteroatoms. The van der Waals surface area contributed by atoms with Crippen molar-refractivity contribution >= 4 is 52.8 Å². The van der Waals surface area contributed by atoms with Gasteiger partial charge in [-0.05, 0) is 75.0 Å². The molecule has 4 rings (SSSR count). The van der Waals surface area contributed by atoms with E-state index in [1.807, 2.05) is 41.5 Å². The Labute approximate surface area is 326 Å². The molecular weight excluding hydrogens is 733 g/mol. The van der Waals surface area contributed by atoms with E-state index in [-0.39, 0.29) is 23.9 Å². The average Bonchev–Trinajstić information content (AvgIpc) is 3.05. The van der Waals surface area contributed by atoms with Gasteiger partial charge >= 0.3 is 12.2 Å². The molecule has 0 spiro atoms. The van der Waals surface area contributed by atoms with Crippen molar-refractivity contribution in [2.75, 3.05) is 76.9 Å². The zero-order chi connectivity index (χ0) is 39.9. The third-order valence-corrected chi connectivity index (χ3v) is 7.21. The summed E-state index contributed by atoms with van der Waals surface area (Å²) in [6, 6.07) is 3.20. The van der Waals surface area contributed by atoms with Crippen molar-refractivity contribution < 1.29 is 24.2 Å². The van der Waals surface area contributed by atoms with Crippen molar-refractivity contribution in [3.8, 4) is 0 Å². The van der Waals surface area contributed by atoms with Crippen LogP contribution in [0.1, 0.15) is 76.2 Å². The molecule has 0 radical (unpaired) electrons. The van der Waals surface area contributed by atoms with Gasteiger partial charge in [0.15, 0.2) is 0 Å². The average molecular weight is 795 g/mol. The van der Waals surface area contributed by atoms with Crippen LogP contribution in [0.25, 0.3) is 0 Å². The molecule has 2 aromatic rings. The van der Waals surface area contributed by atoms with Crippen molar-refractivity contribution in [2.45, 2.75) is 93.5 Å². The van der Waals surface area contributed by atoms with E-state index in [2.05, 4.69) is 55.8 Å². The number of amides is 2. The number of hydrogen-bond donors (Lipinski definition) is 2. The number of halogens is 3. The lowest BCUT2D eigenvalue weighted by Gasteiger charge is -2.36. The van der Waals surface area contributed by atoms with Gasteiger partial charge in [-0.1, -0.05) is 55.6 Å². The number of rotatable bonds is 4. The van der Waals surface area contributed by atoms with Gasteiger partial charge < -0.3 is 39.5 Å². The Morgan fingerprint density at radius 1 is 0.731 bits per heavy atom. The quantitative estimate of drug-likeness (QED) is 0.324. The second-order valence-corrected chi connectivity index (χ2v) is 14.9. The highest BCUT2D eigenvalue weighted by Gasteiger charge is 2.26. The van der Waals surface area contributed by atoms with E-state index in [4.69, 9.17) is 49.4 Å². The second-order valence-electron chi connectivity index (χ2n) is 13.7. The topological polar surface area (TPSA) is 149 Å². The van der Waals surface area contributed by atoms with Crippen LogP contribution >= 0.6 is 34.8 Å². The molecule has 2 aliphatic rings. The fourth-order valence-corrected chi connectivity index (χ4v) is 4.59. The first kappa shape index (κ1) is 49.2. The lowest BCUT2D eigenvalue weighted by Crippen LogP contribution is -2.50. The summed E-state index contributed by atoms with van der Waals surface area (Å²) in [5.41, 5.74) is -0.851. The number of carbonyl (C=O) groups excluding carboxylic acids is 2. The van der Waals surface area contributed by atoms with Crippen LogP contribution in [0.2, 0.25) is 15.5 Å². The second kappa shape index (κ2) is 26.1. The Kier molecular flexibility index (Phi) is 24.7. The molecule has 2 aliphatic heterocycles. The number of hydrogen-bond acceptors (Lipinski definition) is 12. The monoisotopic (exact) mass is 793 g/mol. The molecule has 14 nitrogen and oxygen atoms in total. The van der Waals surface area contributed by atoms with Crippen LogP contribution in [0.3, 0.4) is 0 Å². The minimum absolute atomic E-state index is 0.167. The van der Waals surface area contributed by atoms with Gasteiger partial charge in [0.05, 0.1) is 0 Å². The Hall–Kier alpha value is -2.75. The molecular formula is C35H62Cl3N9O5. The molecule has 2 fully saturated rings. The summed E-state index contributed by atoms with van der Waals surface area (Å²) < 4.78 is 10.6. The molecule has 2 saturated heterocycles. The first-order valence-corrected chi connectivity index (χ1v) is 18.8. The van der Waals surface area contributed by atoms with Crippen LogP contribution in [-0.2, 0) is 9.47 Å². The smallest absolute Gasteiger partial charge is 0.410 e. The first-order valence-electron chi connectivity index (χ1n) is 17.6. The van der Waals surface area contributed by atoms with Crippen molar-refractivity contribution in [1.29, 1.82) is 0 Å². The molecule has 4 heterocycles. The van der Waals surface area contributed by atoms with Crippen LogP contribution in [0.15, 0.2) is 24.8 Å². The number of aliphatic hydroxyl groups is 1. The molecule has 0 aromatic carbocycles. The predicted molar refractivity (Wildman–Crippen MR) is 211 cm³/mol. The van der Waals surface area contributed by atoms with E-state index in [1.165, 1.54) is 38.4 Å². The van der Waals surface area contributed by atoms with Gasteiger partial charge in [0.25, 0.3) is 0 Å². The molecule has 52 heavy (non-hydrogen) atoms. The van der Waals surface area contributed by atoms with E-state index in [1.54, 1.807) is 29.7 Å². The summed E-state index contributed by atoms with van der Waals surface area (Å²) in [4.78, 5) is 46.6.